The molecule has 6 heteroatoms. The van der Waals surface area contributed by atoms with Crippen molar-refractivity contribution in [2.75, 3.05) is 6.61 Å². The lowest BCUT2D eigenvalue weighted by Crippen LogP contribution is -2.14. The van der Waals surface area contributed by atoms with Crippen molar-refractivity contribution in [3.8, 4) is 5.75 Å². The first kappa shape index (κ1) is 14.7. The third-order valence-corrected chi connectivity index (χ3v) is 1.70. The minimum atomic E-state index is -0.698. The highest BCUT2D eigenvalue weighted by Crippen LogP contribution is 2.18. The molecule has 1 aromatic rings. The molecule has 0 spiro atoms. The van der Waals surface area contributed by atoms with Gasteiger partial charge in [-0.05, 0) is 25.1 Å². The van der Waals surface area contributed by atoms with Crippen LogP contribution in [0.15, 0.2) is 18.2 Å². The van der Waals surface area contributed by atoms with Gasteiger partial charge in [0.1, 0.15) is 6.61 Å². The second kappa shape index (κ2) is 6.30. The highest BCUT2D eigenvalue weighted by atomic mass is 35.5. The number of ether oxygens (including phenoxy) is 1. The number of aliphatic hydroxyl groups is 1. The van der Waals surface area contributed by atoms with Crippen molar-refractivity contribution in [1.82, 2.24) is 0 Å². The van der Waals surface area contributed by atoms with Crippen LogP contribution in [0.4, 0.5) is 4.39 Å². The van der Waals surface area contributed by atoms with Gasteiger partial charge in [0.25, 0.3) is 0 Å². The maximum absolute atomic E-state index is 13.2. The predicted octanol–water partition coefficient (Wildman–Crippen LogP) is 1.11. The molecule has 0 aliphatic carbocycles. The molecule has 16 heavy (non-hydrogen) atoms. The Kier molecular flexibility index (Phi) is 5.77. The lowest BCUT2D eigenvalue weighted by molar-refractivity contribution is 0.0998. The second-order valence-electron chi connectivity index (χ2n) is 3.17. The van der Waals surface area contributed by atoms with E-state index >= 15 is 0 Å². The van der Waals surface area contributed by atoms with Crippen LogP contribution in [0.25, 0.3) is 0 Å². The van der Waals surface area contributed by atoms with Crippen molar-refractivity contribution in [2.24, 2.45) is 5.73 Å². The van der Waals surface area contributed by atoms with E-state index in [-0.39, 0.29) is 30.3 Å². The fourth-order valence-corrected chi connectivity index (χ4v) is 0.982. The van der Waals surface area contributed by atoms with Crippen molar-refractivity contribution in [1.29, 1.82) is 0 Å². The summed E-state index contributed by atoms with van der Waals surface area (Å²) >= 11 is 0. The molecule has 0 saturated carbocycles. The van der Waals surface area contributed by atoms with E-state index in [0.29, 0.717) is 0 Å². The van der Waals surface area contributed by atoms with Gasteiger partial charge < -0.3 is 15.6 Å². The first-order valence-electron chi connectivity index (χ1n) is 4.41. The van der Waals surface area contributed by atoms with Crippen LogP contribution in [-0.4, -0.2) is 23.7 Å². The molecular weight excluding hydrogens is 237 g/mol. The molecule has 4 nitrogen and oxygen atoms in total. The Hall–Kier alpha value is -1.33. The zero-order chi connectivity index (χ0) is 11.4. The normalized spacial score (nSPS) is 11.4. The zero-order valence-corrected chi connectivity index (χ0v) is 9.46. The van der Waals surface area contributed by atoms with Crippen LogP contribution in [0.2, 0.25) is 0 Å². The fraction of sp³-hybridized carbons (Fsp3) is 0.300. The van der Waals surface area contributed by atoms with Crippen LogP contribution in [0.3, 0.4) is 0 Å². The summed E-state index contributed by atoms with van der Waals surface area (Å²) in [7, 11) is 0. The molecule has 0 radical (unpaired) electrons. The lowest BCUT2D eigenvalue weighted by atomic mass is 10.2. The molecule has 0 saturated heterocycles. The lowest BCUT2D eigenvalue weighted by Gasteiger charge is -2.09. The number of carbonyl (C=O) groups excluding carboxylic acids is 1. The monoisotopic (exact) mass is 249 g/mol. The molecule has 1 rings (SSSR count). The Balaban J connectivity index is 0.00000225. The Bertz CT molecular complexity index is 371. The van der Waals surface area contributed by atoms with Gasteiger partial charge in [0.15, 0.2) is 11.6 Å². The summed E-state index contributed by atoms with van der Waals surface area (Å²) in [5.74, 6) is -1.39. The molecule has 1 aromatic carbocycles. The molecule has 0 heterocycles. The Labute approximate surface area is 98.6 Å². The van der Waals surface area contributed by atoms with E-state index in [9.17, 15) is 9.18 Å². The number of benzene rings is 1. The summed E-state index contributed by atoms with van der Waals surface area (Å²) < 4.78 is 18.2. The summed E-state index contributed by atoms with van der Waals surface area (Å²) in [6, 6.07) is 3.67. The summed E-state index contributed by atoms with van der Waals surface area (Å²) in [6.07, 6.45) is -0.680. The fourth-order valence-electron chi connectivity index (χ4n) is 0.982. The molecule has 0 aliphatic rings. The van der Waals surface area contributed by atoms with Gasteiger partial charge in [0.2, 0.25) is 5.91 Å². The average Bonchev–Trinajstić information content (AvgIpc) is 2.15. The molecule has 0 aliphatic heterocycles. The quantitative estimate of drug-likeness (QED) is 0.840. The first-order valence-corrected chi connectivity index (χ1v) is 4.41. The molecule has 0 unspecified atom stereocenters. The summed E-state index contributed by atoms with van der Waals surface area (Å²) in [5.41, 5.74) is 5.05. The Morgan fingerprint density at radius 1 is 1.62 bits per heavy atom. The summed E-state index contributed by atoms with van der Waals surface area (Å²) in [4.78, 5) is 10.7. The zero-order valence-electron chi connectivity index (χ0n) is 8.64. The number of halogens is 2. The molecule has 1 atom stereocenters. The molecule has 1 amide bonds. The van der Waals surface area contributed by atoms with Crippen molar-refractivity contribution < 1.29 is 19.0 Å². The van der Waals surface area contributed by atoms with E-state index < -0.39 is 17.8 Å². The van der Waals surface area contributed by atoms with E-state index in [1.807, 2.05) is 0 Å². The van der Waals surface area contributed by atoms with E-state index in [1.165, 1.54) is 19.1 Å². The molecular formula is C10H13ClFNO3. The van der Waals surface area contributed by atoms with Gasteiger partial charge in [0, 0.05) is 5.56 Å². The Morgan fingerprint density at radius 2 is 2.25 bits per heavy atom. The van der Waals surface area contributed by atoms with Crippen molar-refractivity contribution in [3.05, 3.63) is 29.6 Å². The van der Waals surface area contributed by atoms with Crippen LogP contribution in [-0.2, 0) is 0 Å². The van der Waals surface area contributed by atoms with E-state index in [1.54, 1.807) is 0 Å². The first-order chi connectivity index (χ1) is 7.00. The number of rotatable bonds is 4. The minimum absolute atomic E-state index is 0. The predicted molar refractivity (Wildman–Crippen MR) is 59.3 cm³/mol. The number of aliphatic hydroxyl groups excluding tert-OH is 1. The minimum Gasteiger partial charge on any atom is -0.488 e. The molecule has 0 bridgehead atoms. The highest BCUT2D eigenvalue weighted by molar-refractivity contribution is 5.92. The smallest absolute Gasteiger partial charge is 0.248 e. The number of nitrogens with two attached hydrogens (primary N) is 1. The van der Waals surface area contributed by atoms with Crippen LogP contribution < -0.4 is 10.5 Å². The second-order valence-corrected chi connectivity index (χ2v) is 3.17. The van der Waals surface area contributed by atoms with Gasteiger partial charge in [-0.2, -0.15) is 0 Å². The van der Waals surface area contributed by atoms with Gasteiger partial charge in [-0.3, -0.25) is 4.79 Å². The molecule has 0 fully saturated rings. The average molecular weight is 250 g/mol. The van der Waals surface area contributed by atoms with Crippen molar-refractivity contribution >= 4 is 18.3 Å². The van der Waals surface area contributed by atoms with E-state index in [2.05, 4.69) is 0 Å². The number of hydrogen-bond donors (Lipinski definition) is 2. The number of carbonyl (C=O) groups is 1. The Morgan fingerprint density at radius 3 is 2.69 bits per heavy atom. The highest BCUT2D eigenvalue weighted by Gasteiger charge is 2.08. The van der Waals surface area contributed by atoms with Gasteiger partial charge in [-0.15, -0.1) is 12.4 Å². The molecule has 3 N–H and O–H groups in total. The van der Waals surface area contributed by atoms with Crippen molar-refractivity contribution in [3.63, 3.8) is 0 Å². The standard InChI is InChI=1S/C10H12FNO3.ClH/c1-6(13)5-15-9-3-2-7(10(12)14)4-8(9)11;/h2-4,6,13H,5H2,1H3,(H2,12,14);1H/t6-;/m1./s1. The largest absolute Gasteiger partial charge is 0.488 e. The molecule has 0 aromatic heterocycles. The summed E-state index contributed by atoms with van der Waals surface area (Å²) in [6.45, 7) is 1.52. The van der Waals surface area contributed by atoms with Crippen LogP contribution in [0, 0.1) is 5.82 Å². The van der Waals surface area contributed by atoms with Crippen molar-refractivity contribution in [2.45, 2.75) is 13.0 Å². The number of hydrogen-bond acceptors (Lipinski definition) is 3. The van der Waals surface area contributed by atoms with E-state index in [4.69, 9.17) is 15.6 Å². The molecule has 90 valence electrons. The van der Waals surface area contributed by atoms with Crippen LogP contribution in [0.1, 0.15) is 17.3 Å². The third kappa shape index (κ3) is 4.04. The maximum Gasteiger partial charge on any atom is 0.248 e. The number of amides is 1. The van der Waals surface area contributed by atoms with Crippen LogP contribution >= 0.6 is 12.4 Å². The van der Waals surface area contributed by atoms with Gasteiger partial charge in [-0.1, -0.05) is 0 Å². The topological polar surface area (TPSA) is 72.6 Å². The number of primary amides is 1. The maximum atomic E-state index is 13.2. The van der Waals surface area contributed by atoms with E-state index in [0.717, 1.165) is 6.07 Å². The SMILES string of the molecule is C[C@@H](O)COc1ccc(C(N)=O)cc1F.Cl. The van der Waals surface area contributed by atoms with Crippen LogP contribution in [0.5, 0.6) is 5.75 Å². The third-order valence-electron chi connectivity index (χ3n) is 1.70. The van der Waals surface area contributed by atoms with Gasteiger partial charge in [-0.25, -0.2) is 4.39 Å². The summed E-state index contributed by atoms with van der Waals surface area (Å²) in [5, 5.41) is 8.93. The van der Waals surface area contributed by atoms with Gasteiger partial charge in [0.05, 0.1) is 6.10 Å². The van der Waals surface area contributed by atoms with Gasteiger partial charge >= 0.3 is 0 Å².